The van der Waals surface area contributed by atoms with Crippen molar-refractivity contribution in [1.82, 2.24) is 0 Å². The van der Waals surface area contributed by atoms with Crippen LogP contribution in [0.3, 0.4) is 0 Å². The zero-order valence-corrected chi connectivity index (χ0v) is 21.1. The van der Waals surface area contributed by atoms with Gasteiger partial charge in [-0.3, -0.25) is 9.69 Å². The van der Waals surface area contributed by atoms with Gasteiger partial charge >= 0.3 is 6.03 Å². The van der Waals surface area contributed by atoms with Gasteiger partial charge in [0, 0.05) is 11.3 Å². The second-order valence-corrected chi connectivity index (χ2v) is 12.3. The van der Waals surface area contributed by atoms with Gasteiger partial charge in [-0.15, -0.1) is 0 Å². The highest BCUT2D eigenvalue weighted by molar-refractivity contribution is 7.92. The zero-order valence-electron chi connectivity index (χ0n) is 20.3. The number of nitrogens with one attached hydrogen (secondary N) is 1. The molecule has 0 radical (unpaired) electrons. The molecule has 0 aromatic heterocycles. The molecule has 36 heavy (non-hydrogen) atoms. The van der Waals surface area contributed by atoms with Gasteiger partial charge in [0.25, 0.3) is 0 Å². The summed E-state index contributed by atoms with van der Waals surface area (Å²) >= 11 is 0. The first-order valence-corrected chi connectivity index (χ1v) is 13.6. The first-order valence-electron chi connectivity index (χ1n) is 12.0. The lowest BCUT2D eigenvalue weighted by Gasteiger charge is -2.45. The largest absolute Gasteiger partial charge is 0.366 e. The maximum absolute atomic E-state index is 13.9. The quantitative estimate of drug-likeness (QED) is 0.500. The van der Waals surface area contributed by atoms with Gasteiger partial charge in [0.15, 0.2) is 9.84 Å². The average molecular weight is 504 g/mol. The van der Waals surface area contributed by atoms with Crippen LogP contribution in [0.15, 0.2) is 77.7 Å². The second kappa shape index (κ2) is 8.78. The lowest BCUT2D eigenvalue weighted by Crippen LogP contribution is -2.45. The molecule has 0 bridgehead atoms. The number of urea groups is 1. The van der Waals surface area contributed by atoms with E-state index in [4.69, 9.17) is 5.73 Å². The Morgan fingerprint density at radius 1 is 0.972 bits per heavy atom. The Kier molecular flexibility index (Phi) is 5.87. The SMILES string of the molecule is CC1(C)CC(c2cccc(C(N)=O)c2)N(C(=O)Nc2ccccc2S(=O)(=O)C2CC2)c2ccccc21. The van der Waals surface area contributed by atoms with Crippen LogP contribution in [0.25, 0.3) is 0 Å². The van der Waals surface area contributed by atoms with E-state index in [2.05, 4.69) is 19.2 Å². The van der Waals surface area contributed by atoms with Crippen LogP contribution < -0.4 is 16.0 Å². The summed E-state index contributed by atoms with van der Waals surface area (Å²) in [6, 6.07) is 20.5. The summed E-state index contributed by atoms with van der Waals surface area (Å²) in [4.78, 5) is 27.6. The Bertz CT molecular complexity index is 1460. The van der Waals surface area contributed by atoms with Gasteiger partial charge in [0.05, 0.1) is 21.9 Å². The smallest absolute Gasteiger partial charge is 0.326 e. The Morgan fingerprint density at radius 2 is 1.67 bits per heavy atom. The molecule has 1 aliphatic carbocycles. The lowest BCUT2D eigenvalue weighted by molar-refractivity contribution is 0.1000. The summed E-state index contributed by atoms with van der Waals surface area (Å²) in [5.74, 6) is -0.539. The predicted octanol–water partition coefficient (Wildman–Crippen LogP) is 5.18. The number of anilines is 2. The van der Waals surface area contributed by atoms with Crippen molar-refractivity contribution in [3.63, 3.8) is 0 Å². The van der Waals surface area contributed by atoms with Crippen LogP contribution in [-0.2, 0) is 15.3 Å². The molecule has 1 atom stereocenters. The normalized spacial score (nSPS) is 18.8. The van der Waals surface area contributed by atoms with Crippen LogP contribution in [0.2, 0.25) is 0 Å². The highest BCUT2D eigenvalue weighted by Crippen LogP contribution is 2.48. The molecule has 0 spiro atoms. The van der Waals surface area contributed by atoms with Gasteiger partial charge in [0.1, 0.15) is 0 Å². The number of para-hydroxylation sites is 2. The van der Waals surface area contributed by atoms with E-state index in [0.29, 0.717) is 24.8 Å². The summed E-state index contributed by atoms with van der Waals surface area (Å²) in [7, 11) is -3.52. The Balaban J connectivity index is 1.59. The molecule has 3 aromatic carbocycles. The van der Waals surface area contributed by atoms with Crippen molar-refractivity contribution < 1.29 is 18.0 Å². The van der Waals surface area contributed by atoms with E-state index >= 15 is 0 Å². The van der Waals surface area contributed by atoms with E-state index in [-0.39, 0.29) is 16.0 Å². The number of carbonyl (C=O) groups is 2. The third kappa shape index (κ3) is 4.26. The van der Waals surface area contributed by atoms with Crippen molar-refractivity contribution in [1.29, 1.82) is 0 Å². The van der Waals surface area contributed by atoms with Crippen molar-refractivity contribution in [3.8, 4) is 0 Å². The molecule has 1 unspecified atom stereocenters. The predicted molar refractivity (Wildman–Crippen MR) is 140 cm³/mol. The highest BCUT2D eigenvalue weighted by Gasteiger charge is 2.42. The molecule has 3 N–H and O–H groups in total. The van der Waals surface area contributed by atoms with Crippen LogP contribution in [0, 0.1) is 0 Å². The fraction of sp³-hybridized carbons (Fsp3) is 0.286. The maximum atomic E-state index is 13.9. The van der Waals surface area contributed by atoms with E-state index in [9.17, 15) is 18.0 Å². The first kappa shape index (κ1) is 24.1. The van der Waals surface area contributed by atoms with E-state index < -0.39 is 33.1 Å². The van der Waals surface area contributed by atoms with Gasteiger partial charge in [-0.2, -0.15) is 0 Å². The molecule has 3 aromatic rings. The maximum Gasteiger partial charge on any atom is 0.326 e. The number of fused-ring (bicyclic) bond motifs is 1. The van der Waals surface area contributed by atoms with Crippen LogP contribution in [0.1, 0.15) is 60.6 Å². The fourth-order valence-electron chi connectivity index (χ4n) is 5.08. The molecule has 7 nitrogen and oxygen atoms in total. The van der Waals surface area contributed by atoms with E-state index in [1.165, 1.54) is 0 Å². The summed E-state index contributed by atoms with van der Waals surface area (Å²) in [5.41, 5.74) is 8.45. The van der Waals surface area contributed by atoms with E-state index in [1.54, 1.807) is 47.4 Å². The number of benzene rings is 3. The van der Waals surface area contributed by atoms with Gasteiger partial charge in [-0.1, -0.05) is 56.3 Å². The fourth-order valence-corrected chi connectivity index (χ4v) is 6.89. The zero-order chi connectivity index (χ0) is 25.7. The first-order chi connectivity index (χ1) is 17.1. The summed E-state index contributed by atoms with van der Waals surface area (Å²) in [6.07, 6.45) is 1.87. The molecule has 186 valence electrons. The molecule has 1 heterocycles. The van der Waals surface area contributed by atoms with Gasteiger partial charge in [0.2, 0.25) is 5.91 Å². The van der Waals surface area contributed by atoms with E-state index in [1.807, 2.05) is 30.3 Å². The van der Waals surface area contributed by atoms with Crippen molar-refractivity contribution in [2.45, 2.75) is 54.7 Å². The topological polar surface area (TPSA) is 110 Å². The third-order valence-corrected chi connectivity index (χ3v) is 9.40. The van der Waals surface area contributed by atoms with Crippen molar-refractivity contribution in [2.75, 3.05) is 10.2 Å². The Morgan fingerprint density at radius 3 is 2.39 bits per heavy atom. The number of hydrogen-bond acceptors (Lipinski definition) is 4. The van der Waals surface area contributed by atoms with E-state index in [0.717, 1.165) is 16.8 Å². The van der Waals surface area contributed by atoms with Crippen LogP contribution in [0.5, 0.6) is 0 Å². The standard InChI is InChI=1S/C28H29N3O4S/c1-28(2)17-24(18-8-7-9-19(16-18)26(29)32)31(23-12-5-3-10-21(23)28)27(33)30-22-11-4-6-13-25(22)36(34,35)20-14-15-20/h3-13,16,20,24H,14-15,17H2,1-2H3,(H2,29,32)(H,30,33). The molecule has 1 fully saturated rings. The Labute approximate surface area is 211 Å². The summed E-state index contributed by atoms with van der Waals surface area (Å²) in [5, 5.41) is 2.50. The molecule has 1 saturated carbocycles. The number of primary amides is 1. The molecule has 3 amide bonds. The van der Waals surface area contributed by atoms with Crippen LogP contribution in [-0.4, -0.2) is 25.6 Å². The third-order valence-electron chi connectivity index (χ3n) is 7.08. The molecule has 8 heteroatoms. The Hall–Kier alpha value is -3.65. The molecule has 5 rings (SSSR count). The van der Waals surface area contributed by atoms with Crippen LogP contribution >= 0.6 is 0 Å². The van der Waals surface area contributed by atoms with Crippen molar-refractivity contribution >= 4 is 33.2 Å². The minimum absolute atomic E-state index is 0.138. The number of carbonyl (C=O) groups excluding carboxylic acids is 2. The van der Waals surface area contributed by atoms with Crippen LogP contribution in [0.4, 0.5) is 16.2 Å². The van der Waals surface area contributed by atoms with Crippen molar-refractivity contribution in [2.24, 2.45) is 5.73 Å². The number of rotatable bonds is 5. The highest BCUT2D eigenvalue weighted by atomic mass is 32.2. The van der Waals surface area contributed by atoms with Gasteiger partial charge < -0.3 is 11.1 Å². The summed E-state index contributed by atoms with van der Waals surface area (Å²) in [6.45, 7) is 4.26. The molecular weight excluding hydrogens is 474 g/mol. The minimum atomic E-state index is -3.52. The minimum Gasteiger partial charge on any atom is -0.366 e. The number of sulfone groups is 1. The number of nitrogens with two attached hydrogens (primary N) is 1. The number of hydrogen-bond donors (Lipinski definition) is 2. The van der Waals surface area contributed by atoms with Gasteiger partial charge in [-0.05, 0) is 66.1 Å². The summed E-state index contributed by atoms with van der Waals surface area (Å²) < 4.78 is 26.1. The molecule has 1 aliphatic heterocycles. The number of nitrogens with zero attached hydrogens (tertiary/aromatic N) is 1. The lowest BCUT2D eigenvalue weighted by atomic mass is 9.73. The molecule has 0 saturated heterocycles. The second-order valence-electron chi connectivity index (χ2n) is 10.2. The molecule has 2 aliphatic rings. The van der Waals surface area contributed by atoms with Gasteiger partial charge in [-0.25, -0.2) is 13.2 Å². The monoisotopic (exact) mass is 503 g/mol. The average Bonchev–Trinajstić information content (AvgIpc) is 3.70. The molecular formula is C28H29N3O4S. The number of amides is 3. The van der Waals surface area contributed by atoms with Crippen molar-refractivity contribution in [3.05, 3.63) is 89.5 Å².